The zero-order chi connectivity index (χ0) is 21.1. The molecule has 0 aliphatic carbocycles. The number of nitrogens with zero attached hydrogens (tertiary/aromatic N) is 1. The lowest BCUT2D eigenvalue weighted by Crippen LogP contribution is -2.24. The van der Waals surface area contributed by atoms with Gasteiger partial charge in [0.2, 0.25) is 0 Å². The van der Waals surface area contributed by atoms with E-state index < -0.39 is 0 Å². The summed E-state index contributed by atoms with van der Waals surface area (Å²) < 4.78 is 5.48. The second-order valence-electron chi connectivity index (χ2n) is 6.80. The van der Waals surface area contributed by atoms with Gasteiger partial charge < -0.3 is 9.84 Å². The number of hydrogen-bond acceptors (Lipinski definition) is 3. The highest BCUT2D eigenvalue weighted by molar-refractivity contribution is 6.30. The number of phenols is 1. The van der Waals surface area contributed by atoms with Crippen molar-refractivity contribution < 1.29 is 14.6 Å². The van der Waals surface area contributed by atoms with Gasteiger partial charge in [-0.25, -0.2) is 0 Å². The number of benzene rings is 3. The number of hydrogen-bond donors (Lipinski definition) is 1. The molecule has 3 aromatic carbocycles. The Hall–Kier alpha value is -3.50. The fourth-order valence-electron chi connectivity index (χ4n) is 3.34. The first-order valence-electron chi connectivity index (χ1n) is 9.61. The lowest BCUT2D eigenvalue weighted by Gasteiger charge is -2.21. The maximum absolute atomic E-state index is 13.3. The summed E-state index contributed by atoms with van der Waals surface area (Å²) in [5.41, 5.74) is 3.61. The number of anilines is 1. The van der Waals surface area contributed by atoms with Crippen LogP contribution in [0.15, 0.2) is 84.4 Å². The van der Waals surface area contributed by atoms with Crippen LogP contribution in [0.2, 0.25) is 5.02 Å². The van der Waals surface area contributed by atoms with Crippen LogP contribution >= 0.6 is 11.6 Å². The Bertz CT molecular complexity index is 1130. The molecule has 1 amide bonds. The van der Waals surface area contributed by atoms with Gasteiger partial charge in [0.05, 0.1) is 18.0 Å². The zero-order valence-corrected chi connectivity index (χ0v) is 17.1. The number of halogens is 1. The number of aromatic hydroxyl groups is 1. The summed E-state index contributed by atoms with van der Waals surface area (Å²) in [5.74, 6) is 0.718. The van der Waals surface area contributed by atoms with E-state index in [-0.39, 0.29) is 11.7 Å². The van der Waals surface area contributed by atoms with E-state index in [9.17, 15) is 9.90 Å². The molecule has 0 unspecified atom stereocenters. The van der Waals surface area contributed by atoms with E-state index in [0.717, 1.165) is 22.6 Å². The highest BCUT2D eigenvalue weighted by atomic mass is 35.5. The van der Waals surface area contributed by atoms with Crippen LogP contribution in [0.3, 0.4) is 0 Å². The molecule has 4 rings (SSSR count). The topological polar surface area (TPSA) is 49.8 Å². The molecule has 1 aliphatic rings. The molecule has 1 heterocycles. The van der Waals surface area contributed by atoms with Gasteiger partial charge in [0.15, 0.2) is 0 Å². The van der Waals surface area contributed by atoms with Gasteiger partial charge in [-0.05, 0) is 66.6 Å². The molecule has 4 nitrogen and oxygen atoms in total. The maximum atomic E-state index is 13.3. The molecule has 0 radical (unpaired) electrons. The van der Waals surface area contributed by atoms with Crippen LogP contribution in [0, 0.1) is 0 Å². The minimum atomic E-state index is -0.167. The quantitative estimate of drug-likeness (QED) is 0.524. The normalized spacial score (nSPS) is 14.9. The maximum Gasteiger partial charge on any atom is 0.262 e. The Morgan fingerprint density at radius 2 is 1.77 bits per heavy atom. The summed E-state index contributed by atoms with van der Waals surface area (Å²) in [6.07, 6.45) is 3.70. The van der Waals surface area contributed by atoms with Crippen LogP contribution in [-0.4, -0.2) is 17.6 Å². The Morgan fingerprint density at radius 3 is 2.43 bits per heavy atom. The van der Waals surface area contributed by atoms with Gasteiger partial charge in [-0.15, -0.1) is 0 Å². The summed E-state index contributed by atoms with van der Waals surface area (Å²) in [4.78, 5) is 14.9. The summed E-state index contributed by atoms with van der Waals surface area (Å²) in [5, 5.41) is 10.5. The number of carbonyl (C=O) groups is 1. The largest absolute Gasteiger partial charge is 0.508 e. The van der Waals surface area contributed by atoms with Gasteiger partial charge in [-0.1, -0.05) is 41.9 Å². The molecule has 0 fully saturated rings. The molecular weight excluding hydrogens is 398 g/mol. The average molecular weight is 418 g/mol. The third-order valence-electron chi connectivity index (χ3n) is 4.72. The number of carbonyl (C=O) groups excluding carboxylic acids is 1. The summed E-state index contributed by atoms with van der Waals surface area (Å²) in [7, 11) is 0. The molecular formula is C25H20ClNO3. The molecule has 1 N–H and O–H groups in total. The number of amides is 1. The van der Waals surface area contributed by atoms with Crippen molar-refractivity contribution in [2.24, 2.45) is 0 Å². The van der Waals surface area contributed by atoms with Crippen molar-refractivity contribution in [1.29, 1.82) is 0 Å². The van der Waals surface area contributed by atoms with Crippen molar-refractivity contribution in [3.8, 4) is 11.5 Å². The smallest absolute Gasteiger partial charge is 0.262 e. The van der Waals surface area contributed by atoms with E-state index in [1.165, 1.54) is 0 Å². The average Bonchev–Trinajstić information content (AvgIpc) is 3.06. The third-order valence-corrected chi connectivity index (χ3v) is 4.98. The van der Waals surface area contributed by atoms with Crippen molar-refractivity contribution in [3.05, 3.63) is 101 Å². The number of ether oxygens (including phenoxy) is 1. The van der Waals surface area contributed by atoms with Crippen LogP contribution in [0.4, 0.5) is 5.69 Å². The first-order chi connectivity index (χ1) is 14.5. The molecule has 0 saturated carbocycles. The molecule has 0 saturated heterocycles. The monoisotopic (exact) mass is 417 g/mol. The van der Waals surface area contributed by atoms with E-state index in [4.69, 9.17) is 16.3 Å². The predicted molar refractivity (Wildman–Crippen MR) is 121 cm³/mol. The molecule has 0 atom stereocenters. The highest BCUT2D eigenvalue weighted by Gasteiger charge is 2.30. The second kappa shape index (κ2) is 8.47. The summed E-state index contributed by atoms with van der Waals surface area (Å²) in [6.45, 7) is 2.54. The van der Waals surface area contributed by atoms with E-state index in [1.807, 2.05) is 55.5 Å². The fraction of sp³-hybridized carbons (Fsp3) is 0.0800. The molecule has 5 heteroatoms. The molecule has 0 spiro atoms. The molecule has 3 aromatic rings. The Morgan fingerprint density at radius 1 is 1.03 bits per heavy atom. The van der Waals surface area contributed by atoms with E-state index >= 15 is 0 Å². The first-order valence-corrected chi connectivity index (χ1v) is 9.98. The SMILES string of the molecule is CCOc1ccc(/C=C2\C=C(c3ccc(Cl)cc3)N(c3cccc(O)c3)C2=O)cc1. The van der Waals surface area contributed by atoms with E-state index in [1.54, 1.807) is 41.3 Å². The second-order valence-corrected chi connectivity index (χ2v) is 7.24. The van der Waals surface area contributed by atoms with Crippen LogP contribution < -0.4 is 9.64 Å². The minimum absolute atomic E-state index is 0.0969. The summed E-state index contributed by atoms with van der Waals surface area (Å²) in [6, 6.07) is 21.6. The van der Waals surface area contributed by atoms with Crippen LogP contribution in [0.5, 0.6) is 11.5 Å². The zero-order valence-electron chi connectivity index (χ0n) is 16.4. The molecule has 1 aliphatic heterocycles. The fourth-order valence-corrected chi connectivity index (χ4v) is 3.47. The highest BCUT2D eigenvalue weighted by Crippen LogP contribution is 2.36. The van der Waals surface area contributed by atoms with Gasteiger partial charge in [-0.2, -0.15) is 0 Å². The van der Waals surface area contributed by atoms with Gasteiger partial charge in [-0.3, -0.25) is 9.69 Å². The van der Waals surface area contributed by atoms with Crippen LogP contribution in [0.25, 0.3) is 11.8 Å². The van der Waals surface area contributed by atoms with Crippen LogP contribution in [-0.2, 0) is 4.79 Å². The Kier molecular flexibility index (Phi) is 5.59. The van der Waals surface area contributed by atoms with E-state index in [0.29, 0.717) is 22.9 Å². The lowest BCUT2D eigenvalue weighted by molar-refractivity contribution is -0.113. The summed E-state index contributed by atoms with van der Waals surface area (Å²) >= 11 is 6.04. The standard InChI is InChI=1S/C25H20ClNO3/c1-2-30-23-12-6-17(7-13-23)14-19-15-24(18-8-10-20(26)11-9-18)27(25(19)29)21-4-3-5-22(28)16-21/h3-16,28H,2H2,1H3/b19-14+. The number of rotatable bonds is 5. The van der Waals surface area contributed by atoms with Gasteiger partial charge in [0.1, 0.15) is 11.5 Å². The molecule has 150 valence electrons. The van der Waals surface area contributed by atoms with Crippen molar-refractivity contribution in [2.45, 2.75) is 6.92 Å². The molecule has 30 heavy (non-hydrogen) atoms. The van der Waals surface area contributed by atoms with Crippen molar-refractivity contribution >= 4 is 35.0 Å². The van der Waals surface area contributed by atoms with E-state index in [2.05, 4.69) is 0 Å². The Labute approximate surface area is 180 Å². The lowest BCUT2D eigenvalue weighted by atomic mass is 10.1. The first kappa shape index (κ1) is 19.8. The van der Waals surface area contributed by atoms with Crippen molar-refractivity contribution in [1.82, 2.24) is 0 Å². The van der Waals surface area contributed by atoms with Gasteiger partial charge >= 0.3 is 0 Å². The number of phenolic OH excluding ortho intramolecular Hbond substituents is 1. The van der Waals surface area contributed by atoms with Gasteiger partial charge in [0, 0.05) is 16.7 Å². The van der Waals surface area contributed by atoms with Gasteiger partial charge in [0.25, 0.3) is 5.91 Å². The van der Waals surface area contributed by atoms with Crippen molar-refractivity contribution in [2.75, 3.05) is 11.5 Å². The minimum Gasteiger partial charge on any atom is -0.508 e. The van der Waals surface area contributed by atoms with Crippen LogP contribution in [0.1, 0.15) is 18.1 Å². The molecule has 0 bridgehead atoms. The predicted octanol–water partition coefficient (Wildman–Crippen LogP) is 5.92. The molecule has 0 aromatic heterocycles. The third kappa shape index (κ3) is 4.09. The Balaban J connectivity index is 1.76. The van der Waals surface area contributed by atoms with Crippen molar-refractivity contribution in [3.63, 3.8) is 0 Å².